The molecule has 0 aromatic heterocycles. The molecule has 1 aromatic rings. The minimum atomic E-state index is 0.219. The van der Waals surface area contributed by atoms with Gasteiger partial charge in [-0.1, -0.05) is 36.7 Å². The van der Waals surface area contributed by atoms with Gasteiger partial charge in [0.05, 0.1) is 0 Å². The monoisotopic (exact) mass is 210 g/mol. The summed E-state index contributed by atoms with van der Waals surface area (Å²) in [5.41, 5.74) is 1.09. The molecule has 0 spiro atoms. The lowest BCUT2D eigenvalue weighted by molar-refractivity contribution is -0.117. The highest BCUT2D eigenvalue weighted by Gasteiger charge is 2.13. The summed E-state index contributed by atoms with van der Waals surface area (Å²) in [5, 5.41) is 0.764. The van der Waals surface area contributed by atoms with E-state index in [0.717, 1.165) is 17.0 Å². The number of Topliss-reactive ketones (excluding diaryl/α,β-unsaturated/α-hetero) is 1. The van der Waals surface area contributed by atoms with Crippen LogP contribution in [0, 0.1) is 0 Å². The zero-order chi connectivity index (χ0) is 10.6. The van der Waals surface area contributed by atoms with Gasteiger partial charge in [0.2, 0.25) is 0 Å². The molecule has 0 N–H and O–H groups in total. The maximum Gasteiger partial charge on any atom is 0.130 e. The molecule has 1 rings (SSSR count). The van der Waals surface area contributed by atoms with E-state index < -0.39 is 0 Å². The van der Waals surface area contributed by atoms with Crippen molar-refractivity contribution in [1.29, 1.82) is 0 Å². The summed E-state index contributed by atoms with van der Waals surface area (Å²) in [6.07, 6.45) is 1.53. The van der Waals surface area contributed by atoms with Gasteiger partial charge in [-0.15, -0.1) is 0 Å². The van der Waals surface area contributed by atoms with Crippen LogP contribution in [0.25, 0.3) is 0 Å². The molecule has 0 aliphatic carbocycles. The van der Waals surface area contributed by atoms with Gasteiger partial charge in [-0.3, -0.25) is 0 Å². The van der Waals surface area contributed by atoms with E-state index in [9.17, 15) is 4.79 Å². The Bertz CT molecular complexity index is 320. The minimum Gasteiger partial charge on any atom is -0.300 e. The molecule has 0 saturated heterocycles. The van der Waals surface area contributed by atoms with E-state index in [2.05, 4.69) is 6.92 Å². The highest BCUT2D eigenvalue weighted by Crippen LogP contribution is 2.29. The van der Waals surface area contributed by atoms with Crippen LogP contribution in [-0.4, -0.2) is 5.78 Å². The largest absolute Gasteiger partial charge is 0.300 e. The second-order valence-corrected chi connectivity index (χ2v) is 3.94. The molecule has 0 aliphatic rings. The molecule has 0 fully saturated rings. The van der Waals surface area contributed by atoms with Crippen LogP contribution in [-0.2, 0) is 4.79 Å². The van der Waals surface area contributed by atoms with Crippen LogP contribution in [0.2, 0.25) is 5.02 Å². The van der Waals surface area contributed by atoms with Crippen molar-refractivity contribution in [2.24, 2.45) is 0 Å². The Morgan fingerprint density at radius 1 is 1.43 bits per heavy atom. The van der Waals surface area contributed by atoms with Crippen molar-refractivity contribution in [2.75, 3.05) is 0 Å². The number of rotatable bonds is 4. The Balaban J connectivity index is 2.89. The van der Waals surface area contributed by atoms with E-state index in [0.29, 0.717) is 6.42 Å². The summed E-state index contributed by atoms with van der Waals surface area (Å²) >= 11 is 6.07. The van der Waals surface area contributed by atoms with E-state index >= 15 is 0 Å². The van der Waals surface area contributed by atoms with E-state index in [-0.39, 0.29) is 11.7 Å². The first-order valence-electron chi connectivity index (χ1n) is 4.89. The van der Waals surface area contributed by atoms with Crippen LogP contribution in [0.4, 0.5) is 0 Å². The van der Waals surface area contributed by atoms with Crippen molar-refractivity contribution in [3.8, 4) is 0 Å². The maximum atomic E-state index is 11.1. The summed E-state index contributed by atoms with van der Waals surface area (Å²) < 4.78 is 0. The summed E-state index contributed by atoms with van der Waals surface area (Å²) in [5.74, 6) is 0.484. The lowest BCUT2D eigenvalue weighted by Gasteiger charge is -2.14. The van der Waals surface area contributed by atoms with Gasteiger partial charge in [-0.05, 0) is 30.9 Å². The number of carbonyl (C=O) groups is 1. The number of carbonyl (C=O) groups excluding carboxylic acids is 1. The summed E-state index contributed by atoms with van der Waals surface area (Å²) in [7, 11) is 0. The van der Waals surface area contributed by atoms with Gasteiger partial charge in [-0.2, -0.15) is 0 Å². The molecule has 1 nitrogen and oxygen atoms in total. The molecule has 0 saturated carbocycles. The third kappa shape index (κ3) is 2.85. The zero-order valence-corrected chi connectivity index (χ0v) is 9.34. The topological polar surface area (TPSA) is 17.1 Å². The van der Waals surface area contributed by atoms with Crippen molar-refractivity contribution >= 4 is 17.4 Å². The number of ketones is 1. The van der Waals surface area contributed by atoms with Crippen molar-refractivity contribution < 1.29 is 4.79 Å². The van der Waals surface area contributed by atoms with E-state index in [1.807, 2.05) is 24.3 Å². The highest BCUT2D eigenvalue weighted by atomic mass is 35.5. The van der Waals surface area contributed by atoms with Gasteiger partial charge in [0.25, 0.3) is 0 Å². The van der Waals surface area contributed by atoms with Crippen LogP contribution < -0.4 is 0 Å². The average molecular weight is 211 g/mol. The van der Waals surface area contributed by atoms with Crippen LogP contribution in [0.1, 0.15) is 38.2 Å². The second kappa shape index (κ2) is 5.16. The first kappa shape index (κ1) is 11.3. The van der Waals surface area contributed by atoms with E-state index in [1.165, 1.54) is 0 Å². The van der Waals surface area contributed by atoms with Crippen molar-refractivity contribution in [2.45, 2.75) is 32.6 Å². The first-order valence-corrected chi connectivity index (χ1v) is 5.26. The minimum absolute atomic E-state index is 0.219. The standard InChI is InChI=1S/C12H15ClO/c1-3-10(8-9(2)14)11-6-4-5-7-12(11)13/h4-7,10H,3,8H2,1-2H3. The van der Waals surface area contributed by atoms with Crippen molar-refractivity contribution in [3.05, 3.63) is 34.9 Å². The maximum absolute atomic E-state index is 11.1. The number of halogens is 1. The highest BCUT2D eigenvalue weighted by molar-refractivity contribution is 6.31. The summed E-state index contributed by atoms with van der Waals surface area (Å²) in [4.78, 5) is 11.1. The number of hydrogen-bond donors (Lipinski definition) is 0. The molecular formula is C12H15ClO. The lowest BCUT2D eigenvalue weighted by Crippen LogP contribution is -2.03. The smallest absolute Gasteiger partial charge is 0.130 e. The Hall–Kier alpha value is -0.820. The Morgan fingerprint density at radius 3 is 2.57 bits per heavy atom. The normalized spacial score (nSPS) is 12.5. The zero-order valence-electron chi connectivity index (χ0n) is 8.59. The van der Waals surface area contributed by atoms with Gasteiger partial charge in [-0.25, -0.2) is 0 Å². The third-order valence-corrected chi connectivity index (χ3v) is 2.72. The molecule has 0 heterocycles. The van der Waals surface area contributed by atoms with Gasteiger partial charge >= 0.3 is 0 Å². The fourth-order valence-corrected chi connectivity index (χ4v) is 1.92. The van der Waals surface area contributed by atoms with Crippen LogP contribution >= 0.6 is 11.6 Å². The third-order valence-electron chi connectivity index (χ3n) is 2.37. The van der Waals surface area contributed by atoms with Crippen molar-refractivity contribution in [3.63, 3.8) is 0 Å². The van der Waals surface area contributed by atoms with Gasteiger partial charge in [0, 0.05) is 11.4 Å². The molecule has 0 radical (unpaired) electrons. The summed E-state index contributed by atoms with van der Waals surface area (Å²) in [6, 6.07) is 7.75. The Kier molecular flexibility index (Phi) is 4.15. The molecule has 1 atom stereocenters. The van der Waals surface area contributed by atoms with Gasteiger partial charge < -0.3 is 4.79 Å². The molecule has 1 unspecified atom stereocenters. The van der Waals surface area contributed by atoms with E-state index in [4.69, 9.17) is 11.6 Å². The van der Waals surface area contributed by atoms with Crippen LogP contribution in [0.5, 0.6) is 0 Å². The molecule has 0 bridgehead atoms. The quantitative estimate of drug-likeness (QED) is 0.739. The molecule has 76 valence electrons. The molecule has 0 aliphatic heterocycles. The van der Waals surface area contributed by atoms with Gasteiger partial charge in [0.1, 0.15) is 5.78 Å². The van der Waals surface area contributed by atoms with E-state index in [1.54, 1.807) is 6.92 Å². The predicted molar refractivity (Wildman–Crippen MR) is 59.8 cm³/mol. The van der Waals surface area contributed by atoms with Crippen LogP contribution in [0.3, 0.4) is 0 Å². The average Bonchev–Trinajstić information content (AvgIpc) is 2.15. The molecule has 2 heteroatoms. The molecular weight excluding hydrogens is 196 g/mol. The van der Waals surface area contributed by atoms with Crippen LogP contribution in [0.15, 0.2) is 24.3 Å². The summed E-state index contributed by atoms with van der Waals surface area (Å²) in [6.45, 7) is 3.70. The SMILES string of the molecule is CCC(CC(C)=O)c1ccccc1Cl. The fourth-order valence-electron chi connectivity index (χ4n) is 1.63. The first-order chi connectivity index (χ1) is 6.65. The number of hydrogen-bond acceptors (Lipinski definition) is 1. The number of benzene rings is 1. The second-order valence-electron chi connectivity index (χ2n) is 3.53. The molecule has 14 heavy (non-hydrogen) atoms. The Labute approximate surface area is 90.1 Å². The molecule has 1 aromatic carbocycles. The fraction of sp³-hybridized carbons (Fsp3) is 0.417. The predicted octanol–water partition coefficient (Wildman–Crippen LogP) is 3.81. The van der Waals surface area contributed by atoms with Crippen molar-refractivity contribution in [1.82, 2.24) is 0 Å². The Morgan fingerprint density at radius 2 is 2.07 bits per heavy atom. The lowest BCUT2D eigenvalue weighted by atomic mass is 9.92. The van der Waals surface area contributed by atoms with Gasteiger partial charge in [0.15, 0.2) is 0 Å². The molecule has 0 amide bonds.